The highest BCUT2D eigenvalue weighted by atomic mass is 35.5. The highest BCUT2D eigenvalue weighted by Crippen LogP contribution is 2.25. The van der Waals surface area contributed by atoms with Gasteiger partial charge in [-0.05, 0) is 0 Å². The number of aromatic nitrogens is 3. The van der Waals surface area contributed by atoms with Crippen molar-refractivity contribution in [2.45, 2.75) is 0 Å². The molecule has 2 aromatic rings. The van der Waals surface area contributed by atoms with E-state index in [4.69, 9.17) is 23.2 Å². The van der Waals surface area contributed by atoms with Gasteiger partial charge >= 0.3 is 5.69 Å². The first-order valence-electron chi connectivity index (χ1n) is 3.10. The number of imidazole rings is 1. The number of hydrogen-bond donors (Lipinski definition) is 2. The molecule has 0 amide bonds. The third-order valence-corrected chi connectivity index (χ3v) is 2.22. The number of aromatic amines is 2. The van der Waals surface area contributed by atoms with Gasteiger partial charge in [-0.1, -0.05) is 23.2 Å². The van der Waals surface area contributed by atoms with E-state index in [1.807, 2.05) is 0 Å². The van der Waals surface area contributed by atoms with Gasteiger partial charge in [0, 0.05) is 6.20 Å². The van der Waals surface area contributed by atoms with E-state index in [1.165, 1.54) is 6.20 Å². The predicted molar refractivity (Wildman–Crippen MR) is 46.7 cm³/mol. The van der Waals surface area contributed by atoms with Gasteiger partial charge in [0.1, 0.15) is 5.52 Å². The lowest BCUT2D eigenvalue weighted by Crippen LogP contribution is -1.99. The Kier molecular flexibility index (Phi) is 1.59. The Labute approximate surface area is 76.5 Å². The summed E-state index contributed by atoms with van der Waals surface area (Å²) in [6, 6.07) is 0. The molecule has 62 valence electrons. The van der Waals surface area contributed by atoms with E-state index in [9.17, 15) is 4.79 Å². The summed E-state index contributed by atoms with van der Waals surface area (Å²) in [4.78, 5) is 19.6. The van der Waals surface area contributed by atoms with Gasteiger partial charge in [-0.2, -0.15) is 0 Å². The number of halogens is 2. The van der Waals surface area contributed by atoms with E-state index in [2.05, 4.69) is 15.0 Å². The first kappa shape index (κ1) is 7.64. The Morgan fingerprint density at radius 3 is 2.83 bits per heavy atom. The van der Waals surface area contributed by atoms with Gasteiger partial charge in [0.25, 0.3) is 0 Å². The van der Waals surface area contributed by atoms with Crippen LogP contribution in [-0.4, -0.2) is 15.0 Å². The Morgan fingerprint density at radius 1 is 1.33 bits per heavy atom. The van der Waals surface area contributed by atoms with E-state index in [0.717, 1.165) is 0 Å². The van der Waals surface area contributed by atoms with Crippen LogP contribution in [0.25, 0.3) is 11.2 Å². The summed E-state index contributed by atoms with van der Waals surface area (Å²) in [7, 11) is 0. The van der Waals surface area contributed by atoms with Crippen molar-refractivity contribution in [2.75, 3.05) is 0 Å². The van der Waals surface area contributed by atoms with Gasteiger partial charge in [0.15, 0.2) is 5.65 Å². The topological polar surface area (TPSA) is 61.5 Å². The van der Waals surface area contributed by atoms with Crippen LogP contribution in [0.4, 0.5) is 0 Å². The standard InChI is InChI=1S/C6H3Cl2N3O/c7-2-1-9-5-4(3(2)8)10-6(12)11-5/h1H,(H2,9,10,11,12). The highest BCUT2D eigenvalue weighted by molar-refractivity contribution is 6.44. The van der Waals surface area contributed by atoms with Crippen LogP contribution >= 0.6 is 23.2 Å². The molecule has 0 aliphatic carbocycles. The largest absolute Gasteiger partial charge is 0.325 e. The first-order chi connectivity index (χ1) is 5.68. The van der Waals surface area contributed by atoms with Crippen LogP contribution < -0.4 is 5.69 Å². The van der Waals surface area contributed by atoms with Crippen molar-refractivity contribution in [1.82, 2.24) is 15.0 Å². The van der Waals surface area contributed by atoms with Crippen LogP contribution in [0, 0.1) is 0 Å². The van der Waals surface area contributed by atoms with E-state index in [0.29, 0.717) is 21.2 Å². The highest BCUT2D eigenvalue weighted by Gasteiger charge is 2.06. The maximum atomic E-state index is 10.8. The number of fused-ring (bicyclic) bond motifs is 1. The smallest absolute Gasteiger partial charge is 0.303 e. The molecule has 12 heavy (non-hydrogen) atoms. The molecular weight excluding hydrogens is 201 g/mol. The van der Waals surface area contributed by atoms with Crippen molar-refractivity contribution in [3.05, 3.63) is 26.7 Å². The molecule has 6 heteroatoms. The first-order valence-corrected chi connectivity index (χ1v) is 3.86. The van der Waals surface area contributed by atoms with Crippen LogP contribution in [0.3, 0.4) is 0 Å². The van der Waals surface area contributed by atoms with Gasteiger partial charge in [0.05, 0.1) is 10.0 Å². The van der Waals surface area contributed by atoms with Crippen LogP contribution in [0.1, 0.15) is 0 Å². The molecule has 0 saturated carbocycles. The molecule has 0 saturated heterocycles. The normalized spacial score (nSPS) is 10.8. The summed E-state index contributed by atoms with van der Waals surface area (Å²) in [5.41, 5.74) is 0.505. The van der Waals surface area contributed by atoms with Crippen molar-refractivity contribution in [2.24, 2.45) is 0 Å². The second-order valence-electron chi connectivity index (χ2n) is 2.22. The van der Waals surface area contributed by atoms with E-state index < -0.39 is 0 Å². The third kappa shape index (κ3) is 1.00. The van der Waals surface area contributed by atoms with Crippen molar-refractivity contribution >= 4 is 34.4 Å². The zero-order chi connectivity index (χ0) is 8.72. The lowest BCUT2D eigenvalue weighted by Gasteiger charge is -1.93. The van der Waals surface area contributed by atoms with Gasteiger partial charge < -0.3 is 4.98 Å². The maximum Gasteiger partial charge on any atom is 0.325 e. The molecule has 2 heterocycles. The molecule has 2 aromatic heterocycles. The Hall–Kier alpha value is -1.00. The minimum Gasteiger partial charge on any atom is -0.303 e. The van der Waals surface area contributed by atoms with Gasteiger partial charge in [-0.3, -0.25) is 4.98 Å². The number of hydrogen-bond acceptors (Lipinski definition) is 2. The van der Waals surface area contributed by atoms with Gasteiger partial charge in [-0.15, -0.1) is 0 Å². The molecule has 0 atom stereocenters. The zero-order valence-corrected chi connectivity index (χ0v) is 7.20. The SMILES string of the molecule is O=c1[nH]c2ncc(Cl)c(Cl)c2[nH]1. The molecule has 0 radical (unpaired) electrons. The quantitative estimate of drug-likeness (QED) is 0.683. The third-order valence-electron chi connectivity index (χ3n) is 1.44. The van der Waals surface area contributed by atoms with E-state index in [-0.39, 0.29) is 5.69 Å². The number of H-pyrrole nitrogens is 2. The summed E-state index contributed by atoms with van der Waals surface area (Å²) < 4.78 is 0. The molecule has 2 N–H and O–H groups in total. The maximum absolute atomic E-state index is 10.8. The average Bonchev–Trinajstić information content (AvgIpc) is 2.39. The van der Waals surface area contributed by atoms with Crippen LogP contribution in [0.2, 0.25) is 10.0 Å². The van der Waals surface area contributed by atoms with Crippen LogP contribution in [0.15, 0.2) is 11.0 Å². The zero-order valence-electron chi connectivity index (χ0n) is 5.69. The molecule has 4 nitrogen and oxygen atoms in total. The van der Waals surface area contributed by atoms with Crippen molar-refractivity contribution in [3.63, 3.8) is 0 Å². The van der Waals surface area contributed by atoms with Gasteiger partial charge in [0.2, 0.25) is 0 Å². The second-order valence-corrected chi connectivity index (χ2v) is 3.01. The minimum atomic E-state index is -0.346. The second kappa shape index (κ2) is 2.50. The lowest BCUT2D eigenvalue weighted by molar-refractivity contribution is 1.20. The summed E-state index contributed by atoms with van der Waals surface area (Å²) in [5.74, 6) is 0. The summed E-state index contributed by atoms with van der Waals surface area (Å²) in [6.07, 6.45) is 1.38. The molecular formula is C6H3Cl2N3O. The monoisotopic (exact) mass is 203 g/mol. The molecule has 0 aromatic carbocycles. The Morgan fingerprint density at radius 2 is 2.08 bits per heavy atom. The fourth-order valence-corrected chi connectivity index (χ4v) is 1.26. The Balaban J connectivity index is 2.99. The fraction of sp³-hybridized carbons (Fsp3) is 0. The minimum absolute atomic E-state index is 0.306. The number of rotatable bonds is 0. The average molecular weight is 204 g/mol. The number of nitrogens with zero attached hydrogens (tertiary/aromatic N) is 1. The number of pyridine rings is 1. The fourth-order valence-electron chi connectivity index (χ4n) is 0.927. The van der Waals surface area contributed by atoms with Crippen molar-refractivity contribution in [3.8, 4) is 0 Å². The number of nitrogens with one attached hydrogen (secondary N) is 2. The van der Waals surface area contributed by atoms with E-state index >= 15 is 0 Å². The molecule has 0 spiro atoms. The molecule has 0 aliphatic rings. The molecule has 0 unspecified atom stereocenters. The summed E-state index contributed by atoms with van der Waals surface area (Å²) >= 11 is 11.4. The van der Waals surface area contributed by atoms with Crippen molar-refractivity contribution in [1.29, 1.82) is 0 Å². The Bertz CT molecular complexity index is 487. The molecule has 0 aliphatic heterocycles. The molecule has 0 fully saturated rings. The molecule has 0 bridgehead atoms. The summed E-state index contributed by atoms with van der Waals surface area (Å²) in [5, 5.41) is 0.624. The van der Waals surface area contributed by atoms with Gasteiger partial charge in [-0.25, -0.2) is 9.78 Å². The molecule has 2 rings (SSSR count). The van der Waals surface area contributed by atoms with Crippen LogP contribution in [0.5, 0.6) is 0 Å². The lowest BCUT2D eigenvalue weighted by atomic mass is 10.4. The van der Waals surface area contributed by atoms with Crippen molar-refractivity contribution < 1.29 is 0 Å². The summed E-state index contributed by atoms with van der Waals surface area (Å²) in [6.45, 7) is 0. The predicted octanol–water partition coefficient (Wildman–Crippen LogP) is 1.56. The van der Waals surface area contributed by atoms with E-state index in [1.54, 1.807) is 0 Å². The van der Waals surface area contributed by atoms with Crippen LogP contribution in [-0.2, 0) is 0 Å².